The predicted molar refractivity (Wildman–Crippen MR) is 90.0 cm³/mol. The highest BCUT2D eigenvalue weighted by atomic mass is 15.2. The Balaban J connectivity index is 2.40. The summed E-state index contributed by atoms with van der Waals surface area (Å²) in [6, 6.07) is 0. The minimum atomic E-state index is 1.13. The molecule has 0 atom stereocenters. The van der Waals surface area contributed by atoms with Gasteiger partial charge in [-0.2, -0.15) is 0 Å². The quantitative estimate of drug-likeness (QED) is 0.545. The van der Waals surface area contributed by atoms with Gasteiger partial charge in [0.25, 0.3) is 0 Å². The monoisotopic (exact) mass is 278 g/mol. The van der Waals surface area contributed by atoms with Crippen LogP contribution in [0.15, 0.2) is 23.4 Å². The largest absolute Gasteiger partial charge is 0.376 e. The number of likely N-dealkylation sites (N-methyl/N-ethyl adjacent to an activating group) is 2. The molecule has 20 heavy (non-hydrogen) atoms. The summed E-state index contributed by atoms with van der Waals surface area (Å²) in [5.74, 6) is 0. The Labute approximate surface area is 126 Å². The van der Waals surface area contributed by atoms with E-state index in [1.807, 2.05) is 0 Å². The Morgan fingerprint density at radius 3 is 2.50 bits per heavy atom. The van der Waals surface area contributed by atoms with Gasteiger partial charge in [0.1, 0.15) is 0 Å². The number of hydrogen-bond acceptors (Lipinski definition) is 2. The van der Waals surface area contributed by atoms with E-state index >= 15 is 0 Å². The molecule has 0 aromatic rings. The summed E-state index contributed by atoms with van der Waals surface area (Å²) in [6.07, 6.45) is 15.4. The summed E-state index contributed by atoms with van der Waals surface area (Å²) in [6.45, 7) is 4.54. The normalized spacial score (nSPS) is 15.8. The van der Waals surface area contributed by atoms with Gasteiger partial charge in [-0.1, -0.05) is 38.3 Å². The molecule has 0 aliphatic heterocycles. The zero-order valence-corrected chi connectivity index (χ0v) is 14.1. The van der Waals surface area contributed by atoms with Crippen molar-refractivity contribution in [3.8, 4) is 0 Å². The van der Waals surface area contributed by atoms with E-state index in [4.69, 9.17) is 0 Å². The van der Waals surface area contributed by atoms with Gasteiger partial charge in [-0.15, -0.1) is 0 Å². The van der Waals surface area contributed by atoms with E-state index in [1.54, 1.807) is 11.3 Å². The highest BCUT2D eigenvalue weighted by molar-refractivity contribution is 5.28. The van der Waals surface area contributed by atoms with Crippen LogP contribution in [-0.2, 0) is 0 Å². The van der Waals surface area contributed by atoms with Crippen molar-refractivity contribution >= 4 is 0 Å². The first-order chi connectivity index (χ1) is 9.65. The van der Waals surface area contributed by atoms with Crippen LogP contribution >= 0.6 is 0 Å². The smallest absolute Gasteiger partial charge is 0.0299 e. The van der Waals surface area contributed by atoms with Gasteiger partial charge in [0.05, 0.1) is 0 Å². The Hall–Kier alpha value is -0.760. The van der Waals surface area contributed by atoms with Crippen molar-refractivity contribution in [1.82, 2.24) is 9.80 Å². The third kappa shape index (κ3) is 6.60. The lowest BCUT2D eigenvalue weighted by molar-refractivity contribution is 0.321. The van der Waals surface area contributed by atoms with E-state index in [0.717, 1.165) is 13.1 Å². The molecule has 1 aliphatic carbocycles. The van der Waals surface area contributed by atoms with Gasteiger partial charge in [-0.25, -0.2) is 0 Å². The number of rotatable bonds is 10. The summed E-state index contributed by atoms with van der Waals surface area (Å²) < 4.78 is 0. The van der Waals surface area contributed by atoms with E-state index < -0.39 is 0 Å². The van der Waals surface area contributed by atoms with Crippen molar-refractivity contribution in [2.24, 2.45) is 0 Å². The molecule has 2 heteroatoms. The van der Waals surface area contributed by atoms with E-state index in [2.05, 4.69) is 50.0 Å². The minimum Gasteiger partial charge on any atom is -0.376 e. The topological polar surface area (TPSA) is 6.48 Å². The van der Waals surface area contributed by atoms with E-state index in [1.165, 1.54) is 51.4 Å². The van der Waals surface area contributed by atoms with E-state index in [-0.39, 0.29) is 0 Å². The summed E-state index contributed by atoms with van der Waals surface area (Å²) in [4.78, 5) is 4.72. The second kappa shape index (κ2) is 10.0. The van der Waals surface area contributed by atoms with Gasteiger partial charge in [0.2, 0.25) is 0 Å². The first-order valence-corrected chi connectivity index (χ1v) is 8.39. The lowest BCUT2D eigenvalue weighted by Crippen LogP contribution is -2.28. The predicted octanol–water partition coefficient (Wildman–Crippen LogP) is 4.44. The summed E-state index contributed by atoms with van der Waals surface area (Å²) >= 11 is 0. The van der Waals surface area contributed by atoms with Gasteiger partial charge in [-0.3, -0.25) is 0 Å². The van der Waals surface area contributed by atoms with Gasteiger partial charge < -0.3 is 9.80 Å². The standard InChI is InChI=1S/C18H34N2/c1-5-6-7-8-9-10-12-17-13-11-14-18(17)20(4)16-15-19(2)3/h10,12H,5-9,11,13-16H2,1-4H3/b12-10+. The Kier molecular flexibility index (Phi) is 8.68. The third-order valence-electron chi connectivity index (χ3n) is 4.12. The van der Waals surface area contributed by atoms with Gasteiger partial charge >= 0.3 is 0 Å². The molecule has 0 saturated carbocycles. The molecule has 2 nitrogen and oxygen atoms in total. The first-order valence-electron chi connectivity index (χ1n) is 8.39. The molecule has 0 heterocycles. The van der Waals surface area contributed by atoms with Crippen LogP contribution < -0.4 is 0 Å². The van der Waals surface area contributed by atoms with E-state index in [9.17, 15) is 0 Å². The lowest BCUT2D eigenvalue weighted by Gasteiger charge is -2.23. The number of nitrogens with zero attached hydrogens (tertiary/aromatic N) is 2. The SMILES string of the molecule is CCCCCC/C=C/C1=C(N(C)CCN(C)C)CCC1. The molecule has 0 aromatic carbocycles. The van der Waals surface area contributed by atoms with Crippen LogP contribution in [0.25, 0.3) is 0 Å². The molecule has 0 bridgehead atoms. The van der Waals surface area contributed by atoms with Crippen molar-refractivity contribution in [3.63, 3.8) is 0 Å². The Bertz CT molecular complexity index is 315. The Morgan fingerprint density at radius 2 is 1.80 bits per heavy atom. The van der Waals surface area contributed by atoms with Crippen molar-refractivity contribution < 1.29 is 0 Å². The number of hydrogen-bond donors (Lipinski definition) is 0. The highest BCUT2D eigenvalue weighted by Crippen LogP contribution is 2.29. The average Bonchev–Trinajstić information content (AvgIpc) is 2.88. The zero-order chi connectivity index (χ0) is 14.8. The van der Waals surface area contributed by atoms with Crippen LogP contribution in [0.4, 0.5) is 0 Å². The molecule has 0 radical (unpaired) electrons. The van der Waals surface area contributed by atoms with Crippen LogP contribution in [0.1, 0.15) is 58.3 Å². The average molecular weight is 278 g/mol. The second-order valence-electron chi connectivity index (χ2n) is 6.30. The van der Waals surface area contributed by atoms with Crippen molar-refractivity contribution in [2.75, 3.05) is 34.2 Å². The minimum absolute atomic E-state index is 1.13. The molecule has 1 aliphatic rings. The van der Waals surface area contributed by atoms with E-state index in [0.29, 0.717) is 0 Å². The van der Waals surface area contributed by atoms with Gasteiger partial charge in [0, 0.05) is 25.8 Å². The molecule has 0 fully saturated rings. The van der Waals surface area contributed by atoms with Crippen LogP contribution in [0.2, 0.25) is 0 Å². The highest BCUT2D eigenvalue weighted by Gasteiger charge is 2.15. The summed E-state index contributed by atoms with van der Waals surface area (Å²) in [5.41, 5.74) is 3.17. The maximum absolute atomic E-state index is 2.46. The fraction of sp³-hybridized carbons (Fsp3) is 0.778. The second-order valence-corrected chi connectivity index (χ2v) is 6.30. The maximum Gasteiger partial charge on any atom is 0.0299 e. The molecular weight excluding hydrogens is 244 g/mol. The first kappa shape index (κ1) is 17.3. The summed E-state index contributed by atoms with van der Waals surface area (Å²) in [5, 5.41) is 0. The number of unbranched alkanes of at least 4 members (excludes halogenated alkanes) is 4. The van der Waals surface area contributed by atoms with Crippen molar-refractivity contribution in [1.29, 1.82) is 0 Å². The molecule has 0 amide bonds. The van der Waals surface area contributed by atoms with Crippen molar-refractivity contribution in [2.45, 2.75) is 58.3 Å². The third-order valence-corrected chi connectivity index (χ3v) is 4.12. The lowest BCUT2D eigenvalue weighted by atomic mass is 10.1. The van der Waals surface area contributed by atoms with Gasteiger partial charge in [0.15, 0.2) is 0 Å². The Morgan fingerprint density at radius 1 is 1.00 bits per heavy atom. The fourth-order valence-electron chi connectivity index (χ4n) is 2.77. The van der Waals surface area contributed by atoms with Crippen molar-refractivity contribution in [3.05, 3.63) is 23.4 Å². The molecule has 116 valence electrons. The van der Waals surface area contributed by atoms with Gasteiger partial charge in [-0.05, 0) is 51.8 Å². The molecule has 0 aromatic heterocycles. The van der Waals surface area contributed by atoms with Crippen LogP contribution in [-0.4, -0.2) is 44.0 Å². The zero-order valence-electron chi connectivity index (χ0n) is 14.1. The molecule has 1 rings (SSSR count). The number of allylic oxidation sites excluding steroid dienone is 4. The van der Waals surface area contributed by atoms with Crippen LogP contribution in [0.5, 0.6) is 0 Å². The summed E-state index contributed by atoms with van der Waals surface area (Å²) in [7, 11) is 6.54. The van der Waals surface area contributed by atoms with Crippen LogP contribution in [0.3, 0.4) is 0 Å². The fourth-order valence-corrected chi connectivity index (χ4v) is 2.77. The molecule has 0 spiro atoms. The maximum atomic E-state index is 2.46. The molecule has 0 saturated heterocycles. The van der Waals surface area contributed by atoms with Crippen LogP contribution in [0, 0.1) is 0 Å². The molecule has 0 N–H and O–H groups in total. The molecular formula is C18H34N2. The molecule has 0 unspecified atom stereocenters.